The van der Waals surface area contributed by atoms with Crippen molar-refractivity contribution in [2.75, 3.05) is 23.1 Å². The standard InChI is InChI=1S/C9H12N2OS/c1-2-11-6-13(12)9-7(10)4-3-5-8(9)11/h3-5H,2,6,10H2,1H3. The minimum atomic E-state index is -0.938. The van der Waals surface area contributed by atoms with Crippen molar-refractivity contribution >= 4 is 22.2 Å². The molecule has 13 heavy (non-hydrogen) atoms. The van der Waals surface area contributed by atoms with Gasteiger partial charge in [-0.3, -0.25) is 4.21 Å². The molecule has 0 aromatic heterocycles. The summed E-state index contributed by atoms with van der Waals surface area (Å²) in [6, 6.07) is 5.68. The Morgan fingerprint density at radius 1 is 1.62 bits per heavy atom. The Hall–Kier alpha value is -1.03. The van der Waals surface area contributed by atoms with Crippen LogP contribution in [0.15, 0.2) is 23.1 Å². The van der Waals surface area contributed by atoms with Crippen LogP contribution in [0, 0.1) is 0 Å². The SMILES string of the molecule is CCN1CS(=O)c2c(N)cccc21. The lowest BCUT2D eigenvalue weighted by Crippen LogP contribution is -2.19. The van der Waals surface area contributed by atoms with Crippen LogP contribution < -0.4 is 10.6 Å². The summed E-state index contributed by atoms with van der Waals surface area (Å²) in [6.45, 7) is 2.93. The largest absolute Gasteiger partial charge is 0.398 e. The second-order valence-corrected chi connectivity index (χ2v) is 4.38. The Balaban J connectivity index is 2.57. The molecule has 70 valence electrons. The molecule has 2 N–H and O–H groups in total. The van der Waals surface area contributed by atoms with E-state index in [-0.39, 0.29) is 0 Å². The Morgan fingerprint density at radius 3 is 3.08 bits per heavy atom. The highest BCUT2D eigenvalue weighted by Gasteiger charge is 2.25. The third-order valence-corrected chi connectivity index (χ3v) is 3.69. The van der Waals surface area contributed by atoms with Crippen molar-refractivity contribution in [1.82, 2.24) is 0 Å². The molecule has 2 rings (SSSR count). The van der Waals surface area contributed by atoms with Gasteiger partial charge in [0, 0.05) is 12.2 Å². The molecule has 0 saturated heterocycles. The monoisotopic (exact) mass is 196 g/mol. The quantitative estimate of drug-likeness (QED) is 0.686. The zero-order chi connectivity index (χ0) is 9.42. The Kier molecular flexibility index (Phi) is 2.00. The maximum absolute atomic E-state index is 11.6. The molecule has 0 aliphatic carbocycles. The van der Waals surface area contributed by atoms with Gasteiger partial charge >= 0.3 is 0 Å². The number of hydrogen-bond acceptors (Lipinski definition) is 3. The molecule has 3 nitrogen and oxygen atoms in total. The molecule has 1 aliphatic heterocycles. The van der Waals surface area contributed by atoms with E-state index in [0.29, 0.717) is 11.6 Å². The lowest BCUT2D eigenvalue weighted by Gasteiger charge is -2.14. The number of rotatable bonds is 1. The van der Waals surface area contributed by atoms with Crippen molar-refractivity contribution in [3.63, 3.8) is 0 Å². The molecule has 1 aromatic carbocycles. The van der Waals surface area contributed by atoms with Gasteiger partial charge in [-0.25, -0.2) is 0 Å². The maximum atomic E-state index is 11.6. The van der Waals surface area contributed by atoms with Gasteiger partial charge in [0.15, 0.2) is 0 Å². The molecular formula is C9H12N2OS. The van der Waals surface area contributed by atoms with E-state index in [2.05, 4.69) is 11.8 Å². The van der Waals surface area contributed by atoms with Gasteiger partial charge in [-0.05, 0) is 19.1 Å². The van der Waals surface area contributed by atoms with Crippen molar-refractivity contribution in [2.24, 2.45) is 0 Å². The third kappa shape index (κ3) is 1.21. The van der Waals surface area contributed by atoms with Crippen molar-refractivity contribution in [1.29, 1.82) is 0 Å². The molecule has 0 fully saturated rings. The van der Waals surface area contributed by atoms with Crippen LogP contribution in [0.3, 0.4) is 0 Å². The Morgan fingerprint density at radius 2 is 2.38 bits per heavy atom. The molecule has 1 atom stereocenters. The van der Waals surface area contributed by atoms with Gasteiger partial charge in [-0.1, -0.05) is 6.07 Å². The van der Waals surface area contributed by atoms with E-state index >= 15 is 0 Å². The van der Waals surface area contributed by atoms with Crippen molar-refractivity contribution < 1.29 is 4.21 Å². The first-order valence-corrected chi connectivity index (χ1v) is 5.57. The normalized spacial score (nSPS) is 20.4. The van der Waals surface area contributed by atoms with Crippen LogP contribution in [0.5, 0.6) is 0 Å². The number of nitrogens with two attached hydrogens (primary N) is 1. The molecule has 0 spiro atoms. The molecule has 1 aliphatic rings. The average molecular weight is 196 g/mol. The number of fused-ring (bicyclic) bond motifs is 1. The van der Waals surface area contributed by atoms with Crippen LogP contribution in [-0.2, 0) is 10.8 Å². The molecule has 1 heterocycles. The van der Waals surface area contributed by atoms with Crippen LogP contribution in [0.25, 0.3) is 0 Å². The number of nitrogen functional groups attached to an aromatic ring is 1. The summed E-state index contributed by atoms with van der Waals surface area (Å²) >= 11 is 0. The minimum absolute atomic E-state index is 0.583. The van der Waals surface area contributed by atoms with Gasteiger partial charge < -0.3 is 10.6 Å². The van der Waals surface area contributed by atoms with Gasteiger partial charge in [-0.15, -0.1) is 0 Å². The molecule has 4 heteroatoms. The van der Waals surface area contributed by atoms with E-state index < -0.39 is 10.8 Å². The molecule has 0 radical (unpaired) electrons. The van der Waals surface area contributed by atoms with Gasteiger partial charge in [-0.2, -0.15) is 0 Å². The van der Waals surface area contributed by atoms with Crippen molar-refractivity contribution in [3.05, 3.63) is 18.2 Å². The first-order chi connectivity index (χ1) is 6.24. The Bertz CT molecular complexity index is 365. The topological polar surface area (TPSA) is 46.3 Å². The predicted octanol–water partition coefficient (Wildman–Crippen LogP) is 1.17. The van der Waals surface area contributed by atoms with Crippen molar-refractivity contribution in [2.45, 2.75) is 11.8 Å². The Labute approximate surface area is 80.0 Å². The van der Waals surface area contributed by atoms with E-state index in [9.17, 15) is 4.21 Å². The van der Waals surface area contributed by atoms with E-state index in [1.807, 2.05) is 12.1 Å². The molecule has 0 saturated carbocycles. The van der Waals surface area contributed by atoms with E-state index in [0.717, 1.165) is 17.1 Å². The average Bonchev–Trinajstić information content (AvgIpc) is 2.44. The van der Waals surface area contributed by atoms with E-state index in [1.54, 1.807) is 6.07 Å². The molecular weight excluding hydrogens is 184 g/mol. The molecule has 1 aromatic rings. The number of nitrogens with zero attached hydrogens (tertiary/aromatic N) is 1. The zero-order valence-corrected chi connectivity index (χ0v) is 8.30. The smallest absolute Gasteiger partial charge is 0.0986 e. The minimum Gasteiger partial charge on any atom is -0.398 e. The van der Waals surface area contributed by atoms with Gasteiger partial charge in [0.25, 0.3) is 0 Å². The third-order valence-electron chi connectivity index (χ3n) is 2.25. The van der Waals surface area contributed by atoms with Gasteiger partial charge in [0.05, 0.1) is 27.3 Å². The first kappa shape index (κ1) is 8.56. The summed E-state index contributed by atoms with van der Waals surface area (Å²) in [5.74, 6) is 0.583. The summed E-state index contributed by atoms with van der Waals surface area (Å²) in [5.41, 5.74) is 7.43. The van der Waals surface area contributed by atoms with Crippen LogP contribution in [-0.4, -0.2) is 16.6 Å². The van der Waals surface area contributed by atoms with Crippen LogP contribution in [0.4, 0.5) is 11.4 Å². The summed E-state index contributed by atoms with van der Waals surface area (Å²) in [5, 5.41) is 0. The summed E-state index contributed by atoms with van der Waals surface area (Å²) in [4.78, 5) is 2.89. The fourth-order valence-corrected chi connectivity index (χ4v) is 3.07. The number of benzene rings is 1. The highest BCUT2D eigenvalue weighted by atomic mass is 32.2. The summed E-state index contributed by atoms with van der Waals surface area (Å²) in [7, 11) is -0.938. The second-order valence-electron chi connectivity index (χ2n) is 3.03. The fourth-order valence-electron chi connectivity index (χ4n) is 1.58. The molecule has 1 unspecified atom stereocenters. The van der Waals surface area contributed by atoms with E-state index in [1.165, 1.54) is 0 Å². The fraction of sp³-hybridized carbons (Fsp3) is 0.333. The maximum Gasteiger partial charge on any atom is 0.0986 e. The number of hydrogen-bond donors (Lipinski definition) is 1. The second kappa shape index (κ2) is 3.03. The van der Waals surface area contributed by atoms with Crippen LogP contribution >= 0.6 is 0 Å². The van der Waals surface area contributed by atoms with Crippen LogP contribution in [0.1, 0.15) is 6.92 Å². The highest BCUT2D eigenvalue weighted by Crippen LogP contribution is 2.34. The van der Waals surface area contributed by atoms with E-state index in [4.69, 9.17) is 5.73 Å². The van der Waals surface area contributed by atoms with Gasteiger partial charge in [0.2, 0.25) is 0 Å². The van der Waals surface area contributed by atoms with Gasteiger partial charge in [0.1, 0.15) is 0 Å². The predicted molar refractivity (Wildman–Crippen MR) is 55.1 cm³/mol. The zero-order valence-electron chi connectivity index (χ0n) is 7.49. The molecule has 0 amide bonds. The lowest BCUT2D eigenvalue weighted by atomic mass is 10.2. The van der Waals surface area contributed by atoms with Crippen LogP contribution in [0.2, 0.25) is 0 Å². The molecule has 0 bridgehead atoms. The lowest BCUT2D eigenvalue weighted by molar-refractivity contribution is 0.685. The van der Waals surface area contributed by atoms with Crippen molar-refractivity contribution in [3.8, 4) is 0 Å². The summed E-state index contributed by atoms with van der Waals surface area (Å²) < 4.78 is 11.6. The first-order valence-electron chi connectivity index (χ1n) is 4.26. The highest BCUT2D eigenvalue weighted by molar-refractivity contribution is 7.85. The number of anilines is 2. The summed E-state index contributed by atoms with van der Waals surface area (Å²) in [6.07, 6.45) is 0.